The standard InChI is InChI=1S/C23H19NO/c25-23-21-14-8-7-13-20(21)22(17-19-11-5-2-6-12-19)24(23)16-15-18-9-3-1-4-10-18/h1-14,17H,15-16H2/b22-17+. The van der Waals surface area contributed by atoms with E-state index in [1.807, 2.05) is 65.6 Å². The molecule has 4 rings (SSSR count). The highest BCUT2D eigenvalue weighted by molar-refractivity contribution is 6.11. The fourth-order valence-corrected chi connectivity index (χ4v) is 3.26. The molecule has 3 aromatic rings. The lowest BCUT2D eigenvalue weighted by molar-refractivity contribution is 0.0852. The van der Waals surface area contributed by atoms with Crippen LogP contribution in [0.4, 0.5) is 0 Å². The maximum Gasteiger partial charge on any atom is 0.258 e. The number of nitrogens with zero attached hydrogens (tertiary/aromatic N) is 1. The van der Waals surface area contributed by atoms with E-state index in [2.05, 4.69) is 30.3 Å². The van der Waals surface area contributed by atoms with Gasteiger partial charge in [-0.2, -0.15) is 0 Å². The fraction of sp³-hybridized carbons (Fsp3) is 0.0870. The van der Waals surface area contributed by atoms with Gasteiger partial charge in [0.2, 0.25) is 0 Å². The third-order valence-electron chi connectivity index (χ3n) is 4.54. The van der Waals surface area contributed by atoms with Crippen molar-refractivity contribution in [1.29, 1.82) is 0 Å². The predicted molar refractivity (Wildman–Crippen MR) is 102 cm³/mol. The molecule has 0 atom stereocenters. The summed E-state index contributed by atoms with van der Waals surface area (Å²) in [7, 11) is 0. The molecule has 25 heavy (non-hydrogen) atoms. The summed E-state index contributed by atoms with van der Waals surface area (Å²) in [5.74, 6) is 0.0914. The molecule has 0 spiro atoms. The molecule has 1 amide bonds. The molecule has 0 bridgehead atoms. The molecule has 0 aromatic heterocycles. The molecule has 0 saturated heterocycles. The summed E-state index contributed by atoms with van der Waals surface area (Å²) in [6.07, 6.45) is 2.95. The first-order valence-corrected chi connectivity index (χ1v) is 8.55. The average Bonchev–Trinajstić information content (AvgIpc) is 2.94. The van der Waals surface area contributed by atoms with Gasteiger partial charge in [-0.05, 0) is 29.7 Å². The lowest BCUT2D eigenvalue weighted by atomic mass is 10.1. The van der Waals surface area contributed by atoms with Crippen LogP contribution in [0.5, 0.6) is 0 Å². The molecule has 0 radical (unpaired) electrons. The largest absolute Gasteiger partial charge is 0.307 e. The van der Waals surface area contributed by atoms with Crippen LogP contribution in [0.1, 0.15) is 27.0 Å². The van der Waals surface area contributed by atoms with Gasteiger partial charge in [-0.3, -0.25) is 4.79 Å². The SMILES string of the molecule is O=C1c2ccccc2/C(=C\c2ccccc2)N1CCc1ccccc1. The van der Waals surface area contributed by atoms with E-state index in [0.29, 0.717) is 6.54 Å². The Kier molecular flexibility index (Phi) is 4.17. The highest BCUT2D eigenvalue weighted by Gasteiger charge is 2.31. The summed E-state index contributed by atoms with van der Waals surface area (Å²) in [5, 5.41) is 0. The van der Waals surface area contributed by atoms with Crippen LogP contribution < -0.4 is 0 Å². The van der Waals surface area contributed by atoms with Gasteiger partial charge in [0.15, 0.2) is 0 Å². The third-order valence-corrected chi connectivity index (χ3v) is 4.54. The molecular weight excluding hydrogens is 306 g/mol. The molecule has 0 aliphatic carbocycles. The van der Waals surface area contributed by atoms with Gasteiger partial charge in [0.25, 0.3) is 5.91 Å². The number of fused-ring (bicyclic) bond motifs is 1. The highest BCUT2D eigenvalue weighted by Crippen LogP contribution is 2.34. The van der Waals surface area contributed by atoms with Crippen molar-refractivity contribution in [2.24, 2.45) is 0 Å². The quantitative estimate of drug-likeness (QED) is 0.669. The van der Waals surface area contributed by atoms with E-state index < -0.39 is 0 Å². The third kappa shape index (κ3) is 3.11. The maximum absolute atomic E-state index is 12.9. The van der Waals surface area contributed by atoms with E-state index in [9.17, 15) is 4.79 Å². The number of rotatable bonds is 4. The van der Waals surface area contributed by atoms with Crippen LogP contribution in [0.25, 0.3) is 11.8 Å². The van der Waals surface area contributed by atoms with E-state index in [4.69, 9.17) is 0 Å². The topological polar surface area (TPSA) is 20.3 Å². The van der Waals surface area contributed by atoms with Crippen LogP contribution in [-0.2, 0) is 6.42 Å². The number of benzene rings is 3. The van der Waals surface area contributed by atoms with Gasteiger partial charge in [0.05, 0.1) is 5.70 Å². The van der Waals surface area contributed by atoms with Gasteiger partial charge in [-0.15, -0.1) is 0 Å². The van der Waals surface area contributed by atoms with Crippen LogP contribution >= 0.6 is 0 Å². The summed E-state index contributed by atoms with van der Waals surface area (Å²) in [6.45, 7) is 0.677. The Balaban J connectivity index is 1.69. The Morgan fingerprint density at radius 3 is 2.04 bits per heavy atom. The monoisotopic (exact) mass is 325 g/mol. The van der Waals surface area contributed by atoms with Gasteiger partial charge in [-0.1, -0.05) is 78.9 Å². The Bertz CT molecular complexity index is 913. The second kappa shape index (κ2) is 6.78. The molecular formula is C23H19NO. The maximum atomic E-state index is 12.9. The number of carbonyl (C=O) groups is 1. The van der Waals surface area contributed by atoms with Crippen LogP contribution in [-0.4, -0.2) is 17.4 Å². The molecule has 1 heterocycles. The Hall–Kier alpha value is -3.13. The first kappa shape index (κ1) is 15.4. The molecule has 1 aliphatic heterocycles. The zero-order valence-corrected chi connectivity index (χ0v) is 13.9. The summed E-state index contributed by atoms with van der Waals surface area (Å²) < 4.78 is 0. The lowest BCUT2D eigenvalue weighted by Gasteiger charge is -2.18. The van der Waals surface area contributed by atoms with Gasteiger partial charge in [0.1, 0.15) is 0 Å². The van der Waals surface area contributed by atoms with E-state index in [-0.39, 0.29) is 5.91 Å². The Morgan fingerprint density at radius 2 is 1.32 bits per heavy atom. The Morgan fingerprint density at radius 1 is 0.720 bits per heavy atom. The molecule has 122 valence electrons. The molecule has 2 nitrogen and oxygen atoms in total. The molecule has 0 unspecified atom stereocenters. The van der Waals surface area contributed by atoms with E-state index >= 15 is 0 Å². The van der Waals surface area contributed by atoms with Crippen LogP contribution in [0.2, 0.25) is 0 Å². The fourth-order valence-electron chi connectivity index (χ4n) is 3.26. The number of hydrogen-bond acceptors (Lipinski definition) is 1. The van der Waals surface area contributed by atoms with Crippen molar-refractivity contribution in [3.8, 4) is 0 Å². The minimum Gasteiger partial charge on any atom is -0.307 e. The molecule has 0 saturated carbocycles. The first-order valence-electron chi connectivity index (χ1n) is 8.55. The zero-order chi connectivity index (χ0) is 17.1. The van der Waals surface area contributed by atoms with Crippen LogP contribution in [0.15, 0.2) is 84.9 Å². The van der Waals surface area contributed by atoms with Gasteiger partial charge < -0.3 is 4.90 Å². The summed E-state index contributed by atoms with van der Waals surface area (Å²) >= 11 is 0. The average molecular weight is 325 g/mol. The van der Waals surface area contributed by atoms with Crippen molar-refractivity contribution in [3.63, 3.8) is 0 Å². The van der Waals surface area contributed by atoms with Crippen molar-refractivity contribution >= 4 is 17.7 Å². The predicted octanol–water partition coefficient (Wildman–Crippen LogP) is 4.88. The second-order valence-corrected chi connectivity index (χ2v) is 6.18. The normalized spacial score (nSPS) is 14.8. The van der Waals surface area contributed by atoms with Crippen molar-refractivity contribution in [3.05, 3.63) is 107 Å². The second-order valence-electron chi connectivity index (χ2n) is 6.18. The smallest absolute Gasteiger partial charge is 0.258 e. The van der Waals surface area contributed by atoms with Gasteiger partial charge >= 0.3 is 0 Å². The molecule has 2 heteroatoms. The molecule has 3 aromatic carbocycles. The van der Waals surface area contributed by atoms with E-state index in [1.165, 1.54) is 5.56 Å². The summed E-state index contributed by atoms with van der Waals surface area (Å²) in [4.78, 5) is 14.8. The summed E-state index contributed by atoms with van der Waals surface area (Å²) in [5.41, 5.74) is 5.14. The molecule has 1 aliphatic rings. The number of amides is 1. The van der Waals surface area contributed by atoms with Gasteiger partial charge in [-0.25, -0.2) is 0 Å². The van der Waals surface area contributed by atoms with Crippen molar-refractivity contribution in [1.82, 2.24) is 4.90 Å². The van der Waals surface area contributed by atoms with Crippen molar-refractivity contribution < 1.29 is 4.79 Å². The van der Waals surface area contributed by atoms with Crippen molar-refractivity contribution in [2.45, 2.75) is 6.42 Å². The zero-order valence-electron chi connectivity index (χ0n) is 13.9. The molecule has 0 N–H and O–H groups in total. The number of carbonyl (C=O) groups excluding carboxylic acids is 1. The number of hydrogen-bond donors (Lipinski definition) is 0. The first-order chi connectivity index (χ1) is 12.3. The van der Waals surface area contributed by atoms with E-state index in [1.54, 1.807) is 0 Å². The van der Waals surface area contributed by atoms with Gasteiger partial charge in [0, 0.05) is 17.7 Å². The Labute approximate surface area is 148 Å². The highest BCUT2D eigenvalue weighted by atomic mass is 16.2. The van der Waals surface area contributed by atoms with E-state index in [0.717, 1.165) is 28.8 Å². The minimum atomic E-state index is 0.0914. The van der Waals surface area contributed by atoms with Crippen molar-refractivity contribution in [2.75, 3.05) is 6.54 Å². The molecule has 0 fully saturated rings. The lowest BCUT2D eigenvalue weighted by Crippen LogP contribution is -2.25. The summed E-state index contributed by atoms with van der Waals surface area (Å²) in [6, 6.07) is 28.3. The van der Waals surface area contributed by atoms with Crippen LogP contribution in [0, 0.1) is 0 Å². The van der Waals surface area contributed by atoms with Crippen LogP contribution in [0.3, 0.4) is 0 Å². The minimum absolute atomic E-state index is 0.0914.